The Bertz CT molecular complexity index is 1340. The van der Waals surface area contributed by atoms with Gasteiger partial charge in [-0.15, -0.1) is 0 Å². The average molecular weight is 424 g/mol. The Morgan fingerprint density at radius 2 is 1.75 bits per heavy atom. The SMILES string of the molecule is NC(=O)c1c(-c2ccc3ccc(-c4ccccc4)nc3c2)nn2c1NCCC21CCCC1. The predicted molar refractivity (Wildman–Crippen MR) is 126 cm³/mol. The lowest BCUT2D eigenvalue weighted by Gasteiger charge is -2.35. The van der Waals surface area contributed by atoms with E-state index in [1.54, 1.807) is 0 Å². The van der Waals surface area contributed by atoms with Gasteiger partial charge in [0.15, 0.2) is 0 Å². The molecule has 6 nitrogen and oxygen atoms in total. The minimum Gasteiger partial charge on any atom is -0.369 e. The molecule has 160 valence electrons. The maximum absolute atomic E-state index is 12.5. The van der Waals surface area contributed by atoms with Crippen LogP contribution in [-0.4, -0.2) is 27.2 Å². The van der Waals surface area contributed by atoms with E-state index in [0.717, 1.165) is 59.3 Å². The normalized spacial score (nSPS) is 16.8. The monoisotopic (exact) mass is 423 g/mol. The summed E-state index contributed by atoms with van der Waals surface area (Å²) in [4.78, 5) is 17.4. The smallest absolute Gasteiger partial charge is 0.254 e. The topological polar surface area (TPSA) is 85.8 Å². The molecule has 0 unspecified atom stereocenters. The number of hydrogen-bond donors (Lipinski definition) is 2. The molecule has 1 aliphatic carbocycles. The number of primary amides is 1. The van der Waals surface area contributed by atoms with E-state index < -0.39 is 5.91 Å². The number of nitrogens with zero attached hydrogens (tertiary/aromatic N) is 3. The van der Waals surface area contributed by atoms with E-state index in [-0.39, 0.29) is 5.54 Å². The second-order valence-corrected chi connectivity index (χ2v) is 8.93. The number of rotatable bonds is 3. The van der Waals surface area contributed by atoms with Gasteiger partial charge in [-0.2, -0.15) is 5.10 Å². The molecule has 0 bridgehead atoms. The molecular formula is C26H25N5O. The molecule has 2 aliphatic rings. The molecule has 1 amide bonds. The number of pyridine rings is 1. The summed E-state index contributed by atoms with van der Waals surface area (Å²) < 4.78 is 2.07. The van der Waals surface area contributed by atoms with Crippen molar-refractivity contribution in [3.8, 4) is 22.5 Å². The van der Waals surface area contributed by atoms with Gasteiger partial charge in [-0.3, -0.25) is 4.79 Å². The van der Waals surface area contributed by atoms with Crippen LogP contribution >= 0.6 is 0 Å². The molecule has 0 saturated heterocycles. The van der Waals surface area contributed by atoms with Crippen LogP contribution in [0.4, 0.5) is 5.82 Å². The molecule has 3 N–H and O–H groups in total. The number of benzene rings is 2. The molecule has 1 fully saturated rings. The summed E-state index contributed by atoms with van der Waals surface area (Å²) in [6.45, 7) is 0.838. The molecule has 2 aromatic heterocycles. The standard InChI is InChI=1S/C26H25N5O/c27-24(32)22-23(30-31-25(22)28-15-14-26(31)12-4-5-13-26)19-9-8-18-10-11-20(29-21(18)16-19)17-6-2-1-3-7-17/h1-3,6-11,16,28H,4-5,12-15H2,(H2,27,32). The fourth-order valence-electron chi connectivity index (χ4n) is 5.41. The van der Waals surface area contributed by atoms with E-state index in [2.05, 4.69) is 28.2 Å². The summed E-state index contributed by atoms with van der Waals surface area (Å²) in [7, 11) is 0. The van der Waals surface area contributed by atoms with Crippen LogP contribution in [0.2, 0.25) is 0 Å². The Morgan fingerprint density at radius 1 is 0.969 bits per heavy atom. The fourth-order valence-corrected chi connectivity index (χ4v) is 5.41. The highest BCUT2D eigenvalue weighted by molar-refractivity contribution is 6.04. The molecule has 3 heterocycles. The van der Waals surface area contributed by atoms with Crippen molar-refractivity contribution >= 4 is 22.6 Å². The third-order valence-corrected chi connectivity index (χ3v) is 7.03. The second kappa shape index (κ2) is 7.19. The van der Waals surface area contributed by atoms with Crippen molar-refractivity contribution in [2.24, 2.45) is 5.73 Å². The van der Waals surface area contributed by atoms with Crippen LogP contribution in [-0.2, 0) is 5.54 Å². The quantitative estimate of drug-likeness (QED) is 0.488. The van der Waals surface area contributed by atoms with Gasteiger partial charge in [0.05, 0.1) is 16.7 Å². The van der Waals surface area contributed by atoms with Crippen molar-refractivity contribution in [2.75, 3.05) is 11.9 Å². The summed E-state index contributed by atoms with van der Waals surface area (Å²) >= 11 is 0. The minimum atomic E-state index is -0.449. The molecule has 1 spiro atoms. The Morgan fingerprint density at radius 3 is 2.53 bits per heavy atom. The maximum Gasteiger partial charge on any atom is 0.254 e. The number of carbonyl (C=O) groups excluding carboxylic acids is 1. The molecule has 1 saturated carbocycles. The van der Waals surface area contributed by atoms with Gasteiger partial charge in [0.1, 0.15) is 17.1 Å². The lowest BCUT2D eigenvalue weighted by atomic mass is 9.91. The van der Waals surface area contributed by atoms with Gasteiger partial charge in [0.2, 0.25) is 0 Å². The first-order chi connectivity index (χ1) is 15.6. The van der Waals surface area contributed by atoms with Gasteiger partial charge in [-0.1, -0.05) is 61.4 Å². The molecule has 2 aromatic carbocycles. The second-order valence-electron chi connectivity index (χ2n) is 8.93. The van der Waals surface area contributed by atoms with Crippen molar-refractivity contribution in [3.05, 3.63) is 66.2 Å². The number of nitrogens with one attached hydrogen (secondary N) is 1. The van der Waals surface area contributed by atoms with Gasteiger partial charge < -0.3 is 11.1 Å². The molecular weight excluding hydrogens is 398 g/mol. The van der Waals surface area contributed by atoms with Crippen LogP contribution in [0, 0.1) is 0 Å². The van der Waals surface area contributed by atoms with E-state index in [1.165, 1.54) is 12.8 Å². The first kappa shape index (κ1) is 19.0. The van der Waals surface area contributed by atoms with Crippen LogP contribution in [0.5, 0.6) is 0 Å². The van der Waals surface area contributed by atoms with E-state index in [0.29, 0.717) is 11.3 Å². The van der Waals surface area contributed by atoms with Gasteiger partial charge in [0.25, 0.3) is 5.91 Å². The molecule has 1 aliphatic heterocycles. The van der Waals surface area contributed by atoms with Crippen LogP contribution in [0.1, 0.15) is 42.5 Å². The third-order valence-electron chi connectivity index (χ3n) is 7.03. The summed E-state index contributed by atoms with van der Waals surface area (Å²) in [5, 5.41) is 9.44. The van der Waals surface area contributed by atoms with Gasteiger partial charge in [0, 0.05) is 23.1 Å². The van der Waals surface area contributed by atoms with Crippen molar-refractivity contribution in [1.29, 1.82) is 0 Å². The number of nitrogens with two attached hydrogens (primary N) is 1. The zero-order chi connectivity index (χ0) is 21.7. The molecule has 6 rings (SSSR count). The van der Waals surface area contributed by atoms with Crippen LogP contribution in [0.15, 0.2) is 60.7 Å². The zero-order valence-corrected chi connectivity index (χ0v) is 17.8. The number of amides is 1. The number of hydrogen-bond acceptors (Lipinski definition) is 4. The van der Waals surface area contributed by atoms with Gasteiger partial charge in [-0.25, -0.2) is 9.67 Å². The first-order valence-corrected chi connectivity index (χ1v) is 11.3. The van der Waals surface area contributed by atoms with Gasteiger partial charge >= 0.3 is 0 Å². The lowest BCUT2D eigenvalue weighted by Crippen LogP contribution is -2.39. The molecule has 32 heavy (non-hydrogen) atoms. The Kier molecular flexibility index (Phi) is 4.28. The van der Waals surface area contributed by atoms with E-state index >= 15 is 0 Å². The zero-order valence-electron chi connectivity index (χ0n) is 17.8. The highest BCUT2D eigenvalue weighted by Crippen LogP contribution is 2.45. The minimum absolute atomic E-state index is 0.00138. The number of anilines is 1. The highest BCUT2D eigenvalue weighted by Gasteiger charge is 2.42. The molecule has 0 radical (unpaired) electrons. The molecule has 0 atom stereocenters. The molecule has 6 heteroatoms. The average Bonchev–Trinajstić information content (AvgIpc) is 3.45. The summed E-state index contributed by atoms with van der Waals surface area (Å²) in [6.07, 6.45) is 5.62. The number of aromatic nitrogens is 3. The maximum atomic E-state index is 12.5. The number of carbonyl (C=O) groups is 1. The highest BCUT2D eigenvalue weighted by atomic mass is 16.1. The predicted octanol–water partition coefficient (Wildman–Crippen LogP) is 4.95. The van der Waals surface area contributed by atoms with E-state index in [9.17, 15) is 4.79 Å². The molecule has 4 aromatic rings. The Hall–Kier alpha value is -3.67. The third kappa shape index (κ3) is 2.90. The van der Waals surface area contributed by atoms with Crippen molar-refractivity contribution in [2.45, 2.75) is 37.6 Å². The van der Waals surface area contributed by atoms with Crippen LogP contribution < -0.4 is 11.1 Å². The van der Waals surface area contributed by atoms with E-state index in [4.69, 9.17) is 15.8 Å². The van der Waals surface area contributed by atoms with Gasteiger partial charge in [-0.05, 0) is 31.4 Å². The van der Waals surface area contributed by atoms with Crippen LogP contribution in [0.25, 0.3) is 33.4 Å². The Balaban J connectivity index is 1.51. The first-order valence-electron chi connectivity index (χ1n) is 11.3. The van der Waals surface area contributed by atoms with Crippen molar-refractivity contribution in [3.63, 3.8) is 0 Å². The largest absolute Gasteiger partial charge is 0.369 e. The van der Waals surface area contributed by atoms with Crippen molar-refractivity contribution < 1.29 is 4.79 Å². The van der Waals surface area contributed by atoms with Crippen molar-refractivity contribution in [1.82, 2.24) is 14.8 Å². The number of fused-ring (bicyclic) bond motifs is 3. The summed E-state index contributed by atoms with van der Waals surface area (Å²) in [5.41, 5.74) is 10.7. The Labute approximate surface area is 186 Å². The van der Waals surface area contributed by atoms with E-state index in [1.807, 2.05) is 42.5 Å². The van der Waals surface area contributed by atoms with Crippen LogP contribution in [0.3, 0.4) is 0 Å². The fraction of sp³-hybridized carbons (Fsp3) is 0.269. The lowest BCUT2D eigenvalue weighted by molar-refractivity contribution is 0.100. The summed E-state index contributed by atoms with van der Waals surface area (Å²) in [5.74, 6) is 0.321. The summed E-state index contributed by atoms with van der Waals surface area (Å²) in [6, 6.07) is 20.3.